The molecule has 30 heavy (non-hydrogen) atoms. The molecule has 1 saturated heterocycles. The summed E-state index contributed by atoms with van der Waals surface area (Å²) in [5, 5.41) is 0.512. The third kappa shape index (κ3) is 3.12. The topological polar surface area (TPSA) is 58.4 Å². The molecule has 154 valence electrons. The number of rotatable bonds is 3. The Morgan fingerprint density at radius 2 is 1.90 bits per heavy atom. The Kier molecular flexibility index (Phi) is 4.66. The smallest absolute Gasteiger partial charge is 0.259 e. The summed E-state index contributed by atoms with van der Waals surface area (Å²) in [6.45, 7) is 7.87. The number of aryl methyl sites for hydroxylation is 2. The van der Waals surface area contributed by atoms with E-state index in [-0.39, 0.29) is 16.9 Å². The van der Waals surface area contributed by atoms with Gasteiger partial charge in [-0.3, -0.25) is 14.5 Å². The van der Waals surface area contributed by atoms with Crippen LogP contribution in [0.2, 0.25) is 0 Å². The molecule has 0 spiro atoms. The van der Waals surface area contributed by atoms with Crippen molar-refractivity contribution in [3.63, 3.8) is 0 Å². The molecule has 2 aromatic heterocycles. The van der Waals surface area contributed by atoms with Crippen molar-refractivity contribution < 1.29 is 4.79 Å². The second-order valence-corrected chi connectivity index (χ2v) is 8.33. The predicted octanol–water partition coefficient (Wildman–Crippen LogP) is 2.61. The first-order chi connectivity index (χ1) is 14.5. The minimum absolute atomic E-state index is 0.168. The van der Waals surface area contributed by atoms with E-state index in [9.17, 15) is 9.59 Å². The van der Waals surface area contributed by atoms with Crippen LogP contribution in [0.1, 0.15) is 34.1 Å². The zero-order valence-corrected chi connectivity index (χ0v) is 17.5. The Hall–Kier alpha value is -2.99. The maximum Gasteiger partial charge on any atom is 0.259 e. The fourth-order valence-corrected chi connectivity index (χ4v) is 4.60. The zero-order chi connectivity index (χ0) is 20.8. The molecule has 1 amide bonds. The van der Waals surface area contributed by atoms with Crippen LogP contribution in [-0.2, 0) is 19.5 Å². The fourth-order valence-electron chi connectivity index (χ4n) is 4.60. The molecule has 0 unspecified atom stereocenters. The maximum atomic E-state index is 13.1. The quantitative estimate of drug-likeness (QED) is 0.676. The van der Waals surface area contributed by atoms with Gasteiger partial charge in [0.05, 0.1) is 5.39 Å². The van der Waals surface area contributed by atoms with Crippen LogP contribution in [0.3, 0.4) is 0 Å². The molecular weight excluding hydrogens is 376 g/mol. The van der Waals surface area contributed by atoms with Gasteiger partial charge in [0.15, 0.2) is 0 Å². The number of aromatic nitrogens is 2. The summed E-state index contributed by atoms with van der Waals surface area (Å²) in [5.41, 5.74) is 4.35. The number of carbonyl (C=O) groups is 1. The Morgan fingerprint density at radius 3 is 2.67 bits per heavy atom. The molecule has 0 aliphatic carbocycles. The Bertz CT molecular complexity index is 1190. The first kappa shape index (κ1) is 19.0. The predicted molar refractivity (Wildman–Crippen MR) is 117 cm³/mol. The van der Waals surface area contributed by atoms with Gasteiger partial charge in [0.2, 0.25) is 5.43 Å². The van der Waals surface area contributed by atoms with Gasteiger partial charge in [0.1, 0.15) is 11.2 Å². The van der Waals surface area contributed by atoms with Gasteiger partial charge in [-0.2, -0.15) is 0 Å². The van der Waals surface area contributed by atoms with Crippen LogP contribution in [0, 0.1) is 6.92 Å². The monoisotopic (exact) mass is 402 g/mol. The summed E-state index contributed by atoms with van der Waals surface area (Å²) in [6, 6.07) is 12.6. The molecule has 0 N–H and O–H groups in total. The van der Waals surface area contributed by atoms with Gasteiger partial charge < -0.3 is 9.47 Å². The van der Waals surface area contributed by atoms with Crippen molar-refractivity contribution in [3.8, 4) is 0 Å². The van der Waals surface area contributed by atoms with Crippen molar-refractivity contribution in [2.45, 2.75) is 39.4 Å². The van der Waals surface area contributed by atoms with Gasteiger partial charge in [0.25, 0.3) is 5.91 Å². The standard InChI is InChI=1S/C24H26N4O2/c1-3-26-15-21(22(29)20-9-8-16(2)25-23(20)26)24(30)28-13-19(14-28)27-11-10-17-6-4-5-7-18(17)12-27/h4-9,15,19H,3,10-14H2,1-2H3. The molecule has 0 radical (unpaired) electrons. The van der Waals surface area contributed by atoms with Crippen LogP contribution in [0.25, 0.3) is 11.0 Å². The van der Waals surface area contributed by atoms with E-state index >= 15 is 0 Å². The normalized spacial score (nSPS) is 17.1. The molecule has 0 saturated carbocycles. The molecule has 2 aliphatic heterocycles. The van der Waals surface area contributed by atoms with Crippen LogP contribution >= 0.6 is 0 Å². The number of nitrogens with zero attached hydrogens (tertiary/aromatic N) is 4. The number of hydrogen-bond acceptors (Lipinski definition) is 4. The first-order valence-electron chi connectivity index (χ1n) is 10.7. The molecule has 0 bridgehead atoms. The lowest BCUT2D eigenvalue weighted by atomic mass is 9.96. The lowest BCUT2D eigenvalue weighted by Crippen LogP contribution is -2.62. The van der Waals surface area contributed by atoms with Crippen molar-refractivity contribution in [2.75, 3.05) is 19.6 Å². The van der Waals surface area contributed by atoms with Crippen LogP contribution in [-0.4, -0.2) is 50.9 Å². The Balaban J connectivity index is 1.35. The lowest BCUT2D eigenvalue weighted by Gasteiger charge is -2.46. The minimum Gasteiger partial charge on any atom is -0.335 e. The van der Waals surface area contributed by atoms with Crippen LogP contribution in [0.4, 0.5) is 0 Å². The van der Waals surface area contributed by atoms with E-state index in [1.165, 1.54) is 11.1 Å². The van der Waals surface area contributed by atoms with Crippen molar-refractivity contribution in [1.82, 2.24) is 19.4 Å². The van der Waals surface area contributed by atoms with Crippen molar-refractivity contribution >= 4 is 16.9 Å². The van der Waals surface area contributed by atoms with E-state index in [0.717, 1.165) is 25.2 Å². The van der Waals surface area contributed by atoms with Crippen molar-refractivity contribution in [1.29, 1.82) is 0 Å². The van der Waals surface area contributed by atoms with E-state index in [2.05, 4.69) is 34.1 Å². The number of amides is 1. The highest BCUT2D eigenvalue weighted by atomic mass is 16.2. The molecule has 6 nitrogen and oxygen atoms in total. The highest BCUT2D eigenvalue weighted by Gasteiger charge is 2.37. The summed E-state index contributed by atoms with van der Waals surface area (Å²) in [5.74, 6) is -0.168. The van der Waals surface area contributed by atoms with E-state index < -0.39 is 0 Å². The molecule has 3 aromatic rings. The largest absolute Gasteiger partial charge is 0.335 e. The highest BCUT2D eigenvalue weighted by molar-refractivity contribution is 5.97. The lowest BCUT2D eigenvalue weighted by molar-refractivity contribution is 0.0217. The van der Waals surface area contributed by atoms with E-state index in [4.69, 9.17) is 0 Å². The molecule has 5 rings (SSSR count). The van der Waals surface area contributed by atoms with Crippen molar-refractivity contribution in [2.24, 2.45) is 0 Å². The maximum absolute atomic E-state index is 13.1. The summed E-state index contributed by atoms with van der Waals surface area (Å²) in [7, 11) is 0. The molecule has 1 aromatic carbocycles. The molecule has 0 atom stereocenters. The SMILES string of the molecule is CCn1cc(C(=O)N2CC(N3CCc4ccccc4C3)C2)c(=O)c2ccc(C)nc21. The zero-order valence-electron chi connectivity index (χ0n) is 17.5. The van der Waals surface area contributed by atoms with Gasteiger partial charge in [0, 0.05) is 50.7 Å². The number of likely N-dealkylation sites (tertiary alicyclic amines) is 1. The van der Waals surface area contributed by atoms with Gasteiger partial charge in [-0.1, -0.05) is 24.3 Å². The molecule has 1 fully saturated rings. The van der Waals surface area contributed by atoms with Gasteiger partial charge in [-0.15, -0.1) is 0 Å². The number of hydrogen-bond donors (Lipinski definition) is 0. The molecule has 4 heterocycles. The van der Waals surface area contributed by atoms with Gasteiger partial charge in [-0.25, -0.2) is 4.98 Å². The highest BCUT2D eigenvalue weighted by Crippen LogP contribution is 2.25. The average Bonchev–Trinajstić information content (AvgIpc) is 2.72. The van der Waals surface area contributed by atoms with Gasteiger partial charge in [-0.05, 0) is 43.5 Å². The third-order valence-electron chi connectivity index (χ3n) is 6.46. The van der Waals surface area contributed by atoms with E-state index in [1.807, 2.05) is 24.5 Å². The Morgan fingerprint density at radius 1 is 1.13 bits per heavy atom. The third-order valence-corrected chi connectivity index (χ3v) is 6.46. The summed E-state index contributed by atoms with van der Waals surface area (Å²) < 4.78 is 1.90. The summed E-state index contributed by atoms with van der Waals surface area (Å²) in [6.07, 6.45) is 2.74. The van der Waals surface area contributed by atoms with Crippen LogP contribution in [0.15, 0.2) is 47.4 Å². The second kappa shape index (κ2) is 7.36. The van der Waals surface area contributed by atoms with Crippen molar-refractivity contribution in [3.05, 3.63) is 75.2 Å². The second-order valence-electron chi connectivity index (χ2n) is 8.33. The number of pyridine rings is 2. The van der Waals surface area contributed by atoms with Crippen LogP contribution in [0.5, 0.6) is 0 Å². The summed E-state index contributed by atoms with van der Waals surface area (Å²) >= 11 is 0. The number of fused-ring (bicyclic) bond motifs is 2. The first-order valence-corrected chi connectivity index (χ1v) is 10.7. The average molecular weight is 402 g/mol. The van der Waals surface area contributed by atoms with Gasteiger partial charge >= 0.3 is 0 Å². The Labute approximate surface area is 175 Å². The molecular formula is C24H26N4O2. The summed E-state index contributed by atoms with van der Waals surface area (Å²) in [4.78, 5) is 34.9. The van der Waals surface area contributed by atoms with Crippen LogP contribution < -0.4 is 5.43 Å². The van der Waals surface area contributed by atoms with E-state index in [1.54, 1.807) is 17.2 Å². The molecule has 6 heteroatoms. The van der Waals surface area contributed by atoms with E-state index in [0.29, 0.717) is 36.7 Å². The molecule has 2 aliphatic rings. The number of carbonyl (C=O) groups excluding carboxylic acids is 1. The number of benzene rings is 1. The minimum atomic E-state index is -0.220. The fraction of sp³-hybridized carbons (Fsp3) is 0.375.